The minimum atomic E-state index is 0.826. The zero-order valence-electron chi connectivity index (χ0n) is 11.5. The van der Waals surface area contributed by atoms with Crippen molar-refractivity contribution < 1.29 is 4.74 Å². The van der Waals surface area contributed by atoms with Gasteiger partial charge in [-0.2, -0.15) is 0 Å². The molecule has 4 heteroatoms. The number of benzene rings is 1. The van der Waals surface area contributed by atoms with Crippen LogP contribution in [0, 0.1) is 6.92 Å². The van der Waals surface area contributed by atoms with E-state index in [4.69, 9.17) is 4.74 Å². The molecule has 4 nitrogen and oxygen atoms in total. The largest absolute Gasteiger partial charge is 0.495 e. The van der Waals surface area contributed by atoms with Crippen molar-refractivity contribution in [3.8, 4) is 5.75 Å². The first-order valence-corrected chi connectivity index (χ1v) is 6.34. The topological polar surface area (TPSA) is 46.2 Å². The summed E-state index contributed by atoms with van der Waals surface area (Å²) in [5.74, 6) is 1.69. The van der Waals surface area contributed by atoms with Crippen LogP contribution in [-0.4, -0.2) is 18.6 Å². The van der Waals surface area contributed by atoms with Gasteiger partial charge in [-0.3, -0.25) is 0 Å². The summed E-state index contributed by atoms with van der Waals surface area (Å²) in [6.07, 6.45) is 1.78. The lowest BCUT2D eigenvalue weighted by Gasteiger charge is -2.12. The van der Waals surface area contributed by atoms with Gasteiger partial charge in [-0.15, -0.1) is 0 Å². The van der Waals surface area contributed by atoms with Crippen molar-refractivity contribution >= 4 is 17.2 Å². The van der Waals surface area contributed by atoms with Crippen molar-refractivity contribution in [1.82, 2.24) is 4.98 Å². The second kappa shape index (κ2) is 6.09. The van der Waals surface area contributed by atoms with E-state index in [0.29, 0.717) is 0 Å². The van der Waals surface area contributed by atoms with Crippen molar-refractivity contribution in [1.29, 1.82) is 0 Å². The normalized spacial score (nSPS) is 10.1. The van der Waals surface area contributed by atoms with Gasteiger partial charge < -0.3 is 15.4 Å². The Morgan fingerprint density at radius 1 is 1.21 bits per heavy atom. The van der Waals surface area contributed by atoms with Crippen LogP contribution >= 0.6 is 0 Å². The third-order valence-electron chi connectivity index (χ3n) is 2.75. The number of hydrogen-bond donors (Lipinski definition) is 2. The van der Waals surface area contributed by atoms with E-state index in [1.165, 1.54) is 5.56 Å². The van der Waals surface area contributed by atoms with Crippen molar-refractivity contribution in [2.75, 3.05) is 24.3 Å². The molecule has 1 aromatic heterocycles. The van der Waals surface area contributed by atoms with Crippen molar-refractivity contribution in [2.24, 2.45) is 0 Å². The fourth-order valence-electron chi connectivity index (χ4n) is 1.86. The van der Waals surface area contributed by atoms with Gasteiger partial charge in [0.2, 0.25) is 0 Å². The van der Waals surface area contributed by atoms with Gasteiger partial charge in [0.25, 0.3) is 0 Å². The first-order valence-electron chi connectivity index (χ1n) is 6.34. The molecule has 0 amide bonds. The van der Waals surface area contributed by atoms with Gasteiger partial charge in [0, 0.05) is 24.5 Å². The van der Waals surface area contributed by atoms with Gasteiger partial charge in [0.1, 0.15) is 11.6 Å². The standard InChI is InChI=1S/C15H19N3O/c1-4-16-15-10-12(7-8-17-15)18-13-9-11(2)5-6-14(13)19-3/h5-10H,4H2,1-3H3,(H2,16,17,18). The maximum absolute atomic E-state index is 5.36. The molecule has 1 heterocycles. The molecule has 2 rings (SSSR count). The number of nitrogens with zero attached hydrogens (tertiary/aromatic N) is 1. The molecule has 0 saturated heterocycles. The molecule has 0 saturated carbocycles. The molecule has 2 N–H and O–H groups in total. The van der Waals surface area contributed by atoms with Crippen LogP contribution in [0.25, 0.3) is 0 Å². The Hall–Kier alpha value is -2.23. The lowest BCUT2D eigenvalue weighted by atomic mass is 10.2. The van der Waals surface area contributed by atoms with E-state index in [1.54, 1.807) is 13.3 Å². The summed E-state index contributed by atoms with van der Waals surface area (Å²) in [5.41, 5.74) is 3.12. The number of ether oxygens (including phenoxy) is 1. The van der Waals surface area contributed by atoms with Gasteiger partial charge in [-0.05, 0) is 37.6 Å². The Bertz CT molecular complexity index is 555. The molecule has 0 radical (unpaired) electrons. The average Bonchev–Trinajstić information content (AvgIpc) is 2.40. The number of nitrogens with one attached hydrogen (secondary N) is 2. The van der Waals surface area contributed by atoms with Gasteiger partial charge in [0.05, 0.1) is 12.8 Å². The van der Waals surface area contributed by atoms with Crippen molar-refractivity contribution in [3.63, 3.8) is 0 Å². The van der Waals surface area contributed by atoms with Crippen LogP contribution < -0.4 is 15.4 Å². The van der Waals surface area contributed by atoms with Crippen LogP contribution in [0.4, 0.5) is 17.2 Å². The van der Waals surface area contributed by atoms with E-state index < -0.39 is 0 Å². The Morgan fingerprint density at radius 3 is 2.79 bits per heavy atom. The number of pyridine rings is 1. The molecule has 19 heavy (non-hydrogen) atoms. The van der Waals surface area contributed by atoms with Crippen molar-refractivity contribution in [2.45, 2.75) is 13.8 Å². The molecule has 0 unspecified atom stereocenters. The predicted molar refractivity (Wildman–Crippen MR) is 79.4 cm³/mol. The second-order valence-corrected chi connectivity index (χ2v) is 4.29. The van der Waals surface area contributed by atoms with E-state index in [2.05, 4.69) is 28.6 Å². The molecule has 0 atom stereocenters. The summed E-state index contributed by atoms with van der Waals surface area (Å²) in [6, 6.07) is 9.96. The highest BCUT2D eigenvalue weighted by atomic mass is 16.5. The minimum absolute atomic E-state index is 0.826. The molecule has 0 aliphatic rings. The lowest BCUT2D eigenvalue weighted by molar-refractivity contribution is 0.416. The number of methoxy groups -OCH3 is 1. The van der Waals surface area contributed by atoms with Crippen LogP contribution in [-0.2, 0) is 0 Å². The van der Waals surface area contributed by atoms with E-state index >= 15 is 0 Å². The third kappa shape index (κ3) is 3.37. The van der Waals surface area contributed by atoms with Crippen LogP contribution in [0.1, 0.15) is 12.5 Å². The number of aromatic nitrogens is 1. The molecule has 0 bridgehead atoms. The SMILES string of the molecule is CCNc1cc(Nc2cc(C)ccc2OC)ccn1. The first kappa shape index (κ1) is 13.2. The second-order valence-electron chi connectivity index (χ2n) is 4.29. The summed E-state index contributed by atoms with van der Waals surface area (Å²) in [5, 5.41) is 6.55. The quantitative estimate of drug-likeness (QED) is 0.859. The van der Waals surface area contributed by atoms with E-state index in [1.807, 2.05) is 31.2 Å². The zero-order chi connectivity index (χ0) is 13.7. The summed E-state index contributed by atoms with van der Waals surface area (Å²) < 4.78 is 5.36. The number of anilines is 3. The zero-order valence-corrected chi connectivity index (χ0v) is 11.5. The molecule has 100 valence electrons. The van der Waals surface area contributed by atoms with Crippen LogP contribution in [0.3, 0.4) is 0 Å². The predicted octanol–water partition coefficient (Wildman–Crippen LogP) is 3.57. The monoisotopic (exact) mass is 257 g/mol. The molecular weight excluding hydrogens is 238 g/mol. The maximum Gasteiger partial charge on any atom is 0.142 e. The summed E-state index contributed by atoms with van der Waals surface area (Å²) >= 11 is 0. The number of aryl methyl sites for hydroxylation is 1. The molecule has 0 fully saturated rings. The molecular formula is C15H19N3O. The summed E-state index contributed by atoms with van der Waals surface area (Å²) in [4.78, 5) is 4.25. The molecule has 0 spiro atoms. The fourth-order valence-corrected chi connectivity index (χ4v) is 1.86. The fraction of sp³-hybridized carbons (Fsp3) is 0.267. The van der Waals surface area contributed by atoms with Crippen LogP contribution in [0.15, 0.2) is 36.5 Å². The molecule has 2 aromatic rings. The van der Waals surface area contributed by atoms with E-state index in [0.717, 1.165) is 29.5 Å². The average molecular weight is 257 g/mol. The highest BCUT2D eigenvalue weighted by molar-refractivity contribution is 5.68. The summed E-state index contributed by atoms with van der Waals surface area (Å²) in [7, 11) is 1.67. The lowest BCUT2D eigenvalue weighted by Crippen LogP contribution is -2.00. The molecule has 0 aliphatic heterocycles. The number of rotatable bonds is 5. The Kier molecular flexibility index (Phi) is 4.23. The minimum Gasteiger partial charge on any atom is -0.495 e. The number of hydrogen-bond acceptors (Lipinski definition) is 4. The first-order chi connectivity index (χ1) is 9.22. The Morgan fingerprint density at radius 2 is 2.05 bits per heavy atom. The van der Waals surface area contributed by atoms with Gasteiger partial charge in [0.15, 0.2) is 0 Å². The Balaban J connectivity index is 2.25. The highest BCUT2D eigenvalue weighted by Gasteiger charge is 2.04. The van der Waals surface area contributed by atoms with Crippen LogP contribution in [0.2, 0.25) is 0 Å². The Labute approximate surface area is 113 Å². The third-order valence-corrected chi connectivity index (χ3v) is 2.75. The van der Waals surface area contributed by atoms with E-state index in [9.17, 15) is 0 Å². The smallest absolute Gasteiger partial charge is 0.142 e. The maximum atomic E-state index is 5.36. The van der Waals surface area contributed by atoms with Gasteiger partial charge in [-0.25, -0.2) is 4.98 Å². The highest BCUT2D eigenvalue weighted by Crippen LogP contribution is 2.28. The van der Waals surface area contributed by atoms with E-state index in [-0.39, 0.29) is 0 Å². The van der Waals surface area contributed by atoms with Crippen molar-refractivity contribution in [3.05, 3.63) is 42.1 Å². The molecule has 1 aromatic carbocycles. The van der Waals surface area contributed by atoms with Gasteiger partial charge in [-0.1, -0.05) is 6.07 Å². The van der Waals surface area contributed by atoms with Crippen LogP contribution in [0.5, 0.6) is 5.75 Å². The van der Waals surface area contributed by atoms with Gasteiger partial charge >= 0.3 is 0 Å². The molecule has 0 aliphatic carbocycles. The summed E-state index contributed by atoms with van der Waals surface area (Å²) in [6.45, 7) is 4.96.